The van der Waals surface area contributed by atoms with Crippen LogP contribution in [0.3, 0.4) is 0 Å². The van der Waals surface area contributed by atoms with E-state index in [0.717, 1.165) is 56.3 Å². The van der Waals surface area contributed by atoms with Crippen molar-refractivity contribution in [2.45, 2.75) is 13.3 Å². The van der Waals surface area contributed by atoms with E-state index in [1.807, 2.05) is 11.7 Å². The summed E-state index contributed by atoms with van der Waals surface area (Å²) < 4.78 is 1.88. The topological polar surface area (TPSA) is 70.5 Å². The highest BCUT2D eigenvalue weighted by Gasteiger charge is 2.22. The van der Waals surface area contributed by atoms with E-state index in [1.54, 1.807) is 0 Å². The van der Waals surface area contributed by atoms with Gasteiger partial charge in [0, 0.05) is 39.8 Å². The Labute approximate surface area is 108 Å². The standard InChI is InChI=1S/C12H23N5O/c1-3-10-11(13)12(15(2)14-10)17-6-4-16(5-7-17)8-9-18/h18H,3-9,13H2,1-2H3. The Morgan fingerprint density at radius 2 is 1.94 bits per heavy atom. The van der Waals surface area contributed by atoms with Crippen LogP contribution < -0.4 is 10.6 Å². The zero-order valence-corrected chi connectivity index (χ0v) is 11.3. The number of nitrogen functional groups attached to an aromatic ring is 1. The van der Waals surface area contributed by atoms with Crippen molar-refractivity contribution >= 4 is 11.5 Å². The van der Waals surface area contributed by atoms with Crippen molar-refractivity contribution in [2.24, 2.45) is 7.05 Å². The minimum atomic E-state index is 0.230. The molecule has 3 N–H and O–H groups in total. The van der Waals surface area contributed by atoms with Gasteiger partial charge in [0.1, 0.15) is 5.82 Å². The van der Waals surface area contributed by atoms with Crippen molar-refractivity contribution in [2.75, 3.05) is 50.0 Å². The van der Waals surface area contributed by atoms with Crippen LogP contribution in [0.4, 0.5) is 11.5 Å². The first kappa shape index (κ1) is 13.2. The number of aliphatic hydroxyl groups excluding tert-OH is 1. The van der Waals surface area contributed by atoms with E-state index in [0.29, 0.717) is 0 Å². The van der Waals surface area contributed by atoms with E-state index >= 15 is 0 Å². The van der Waals surface area contributed by atoms with Crippen molar-refractivity contribution in [1.29, 1.82) is 0 Å². The molecule has 2 heterocycles. The lowest BCUT2D eigenvalue weighted by molar-refractivity contribution is 0.188. The third kappa shape index (κ3) is 2.44. The van der Waals surface area contributed by atoms with Gasteiger partial charge in [0.15, 0.2) is 0 Å². The van der Waals surface area contributed by atoms with Gasteiger partial charge in [0.2, 0.25) is 0 Å². The summed E-state index contributed by atoms with van der Waals surface area (Å²) >= 11 is 0. The zero-order chi connectivity index (χ0) is 13.1. The quantitative estimate of drug-likeness (QED) is 0.769. The average molecular weight is 253 g/mol. The highest BCUT2D eigenvalue weighted by atomic mass is 16.3. The number of aryl methyl sites for hydroxylation is 2. The summed E-state index contributed by atoms with van der Waals surface area (Å²) in [6.45, 7) is 6.86. The lowest BCUT2D eigenvalue weighted by atomic mass is 10.2. The van der Waals surface area contributed by atoms with Crippen LogP contribution >= 0.6 is 0 Å². The van der Waals surface area contributed by atoms with E-state index < -0.39 is 0 Å². The van der Waals surface area contributed by atoms with E-state index in [4.69, 9.17) is 10.8 Å². The molecule has 1 aliphatic rings. The molecule has 1 fully saturated rings. The van der Waals surface area contributed by atoms with Crippen LogP contribution in [0.25, 0.3) is 0 Å². The van der Waals surface area contributed by atoms with Crippen LogP contribution in [0.2, 0.25) is 0 Å². The maximum atomic E-state index is 8.94. The molecule has 0 aromatic carbocycles. The van der Waals surface area contributed by atoms with Crippen LogP contribution in [0.5, 0.6) is 0 Å². The summed E-state index contributed by atoms with van der Waals surface area (Å²) in [5.74, 6) is 1.04. The molecular weight excluding hydrogens is 230 g/mol. The summed E-state index contributed by atoms with van der Waals surface area (Å²) in [4.78, 5) is 4.55. The molecule has 0 amide bonds. The molecule has 0 saturated carbocycles. The first-order valence-electron chi connectivity index (χ1n) is 6.56. The van der Waals surface area contributed by atoms with Gasteiger partial charge in [-0.05, 0) is 6.42 Å². The molecular formula is C12H23N5O. The number of aliphatic hydroxyl groups is 1. The number of nitrogens with zero attached hydrogens (tertiary/aromatic N) is 4. The highest BCUT2D eigenvalue weighted by Crippen LogP contribution is 2.27. The fourth-order valence-corrected chi connectivity index (χ4v) is 2.55. The second-order valence-electron chi connectivity index (χ2n) is 4.71. The molecule has 1 aromatic rings. The molecule has 1 aromatic heterocycles. The second-order valence-corrected chi connectivity index (χ2v) is 4.71. The van der Waals surface area contributed by atoms with Gasteiger partial charge in [0.05, 0.1) is 18.0 Å². The molecule has 6 nitrogen and oxygen atoms in total. The normalized spacial score (nSPS) is 17.4. The molecule has 0 spiro atoms. The van der Waals surface area contributed by atoms with Crippen molar-refractivity contribution < 1.29 is 5.11 Å². The molecule has 0 aliphatic carbocycles. The van der Waals surface area contributed by atoms with Gasteiger partial charge in [-0.15, -0.1) is 0 Å². The monoisotopic (exact) mass is 253 g/mol. The Balaban J connectivity index is 2.07. The Hall–Kier alpha value is -1.27. The number of anilines is 2. The number of aromatic nitrogens is 2. The molecule has 0 radical (unpaired) electrons. The molecule has 102 valence electrons. The van der Waals surface area contributed by atoms with Crippen LogP contribution in [-0.4, -0.2) is 59.1 Å². The van der Waals surface area contributed by atoms with Gasteiger partial charge >= 0.3 is 0 Å². The summed E-state index contributed by atoms with van der Waals surface area (Å²) in [5.41, 5.74) is 7.95. The summed E-state index contributed by atoms with van der Waals surface area (Å²) in [7, 11) is 1.95. The van der Waals surface area contributed by atoms with Crippen LogP contribution in [0.1, 0.15) is 12.6 Å². The van der Waals surface area contributed by atoms with Crippen molar-refractivity contribution in [3.63, 3.8) is 0 Å². The lowest BCUT2D eigenvalue weighted by Gasteiger charge is -2.35. The van der Waals surface area contributed by atoms with Crippen molar-refractivity contribution in [1.82, 2.24) is 14.7 Å². The molecule has 1 aliphatic heterocycles. The fourth-order valence-electron chi connectivity index (χ4n) is 2.55. The smallest absolute Gasteiger partial charge is 0.150 e. The first-order chi connectivity index (χ1) is 8.67. The molecule has 18 heavy (non-hydrogen) atoms. The summed E-state index contributed by atoms with van der Waals surface area (Å²) in [6.07, 6.45) is 0.865. The third-order valence-corrected chi connectivity index (χ3v) is 3.55. The Bertz CT molecular complexity index is 395. The molecule has 0 unspecified atom stereocenters. The minimum absolute atomic E-state index is 0.230. The zero-order valence-electron chi connectivity index (χ0n) is 11.3. The van der Waals surface area contributed by atoms with Crippen molar-refractivity contribution in [3.8, 4) is 0 Å². The molecule has 0 bridgehead atoms. The van der Waals surface area contributed by atoms with Gasteiger partial charge in [-0.25, -0.2) is 0 Å². The second kappa shape index (κ2) is 5.58. The highest BCUT2D eigenvalue weighted by molar-refractivity contribution is 5.66. The SMILES string of the molecule is CCc1nn(C)c(N2CCN(CCO)CC2)c1N. The Morgan fingerprint density at radius 3 is 2.44 bits per heavy atom. The van der Waals surface area contributed by atoms with Gasteiger partial charge in [0.25, 0.3) is 0 Å². The number of hydrogen-bond donors (Lipinski definition) is 2. The Morgan fingerprint density at radius 1 is 1.28 bits per heavy atom. The molecule has 0 atom stereocenters. The number of piperazine rings is 1. The molecule has 2 rings (SSSR count). The number of β-amino-alcohol motifs (C(OH)–C–C–N with tert-alkyl or cyclic N) is 1. The van der Waals surface area contributed by atoms with Crippen molar-refractivity contribution in [3.05, 3.63) is 5.69 Å². The molecule has 6 heteroatoms. The van der Waals surface area contributed by atoms with E-state index in [1.165, 1.54) is 0 Å². The largest absolute Gasteiger partial charge is 0.395 e. The predicted octanol–water partition coefficient (Wildman–Crippen LogP) is -0.321. The maximum absolute atomic E-state index is 8.94. The Kier molecular flexibility index (Phi) is 4.08. The van der Waals surface area contributed by atoms with Gasteiger partial charge in [-0.3, -0.25) is 9.58 Å². The number of rotatable bonds is 4. The van der Waals surface area contributed by atoms with Gasteiger partial charge in [-0.1, -0.05) is 6.92 Å². The van der Waals surface area contributed by atoms with Crippen LogP contribution in [-0.2, 0) is 13.5 Å². The first-order valence-corrected chi connectivity index (χ1v) is 6.56. The third-order valence-electron chi connectivity index (χ3n) is 3.55. The number of nitrogens with two attached hydrogens (primary N) is 1. The van der Waals surface area contributed by atoms with Crippen LogP contribution in [0.15, 0.2) is 0 Å². The van der Waals surface area contributed by atoms with Crippen LogP contribution in [0, 0.1) is 0 Å². The number of hydrogen-bond acceptors (Lipinski definition) is 5. The fraction of sp³-hybridized carbons (Fsp3) is 0.750. The lowest BCUT2D eigenvalue weighted by Crippen LogP contribution is -2.47. The predicted molar refractivity (Wildman–Crippen MR) is 72.7 cm³/mol. The minimum Gasteiger partial charge on any atom is -0.395 e. The average Bonchev–Trinajstić information content (AvgIpc) is 2.66. The van der Waals surface area contributed by atoms with E-state index in [2.05, 4.69) is 21.8 Å². The summed E-state index contributed by atoms with van der Waals surface area (Å²) in [5, 5.41) is 13.4. The summed E-state index contributed by atoms with van der Waals surface area (Å²) in [6, 6.07) is 0. The van der Waals surface area contributed by atoms with Gasteiger partial charge < -0.3 is 15.7 Å². The van der Waals surface area contributed by atoms with E-state index in [-0.39, 0.29) is 6.61 Å². The molecule has 1 saturated heterocycles. The van der Waals surface area contributed by atoms with Gasteiger partial charge in [-0.2, -0.15) is 5.10 Å². The van der Waals surface area contributed by atoms with E-state index in [9.17, 15) is 0 Å². The maximum Gasteiger partial charge on any atom is 0.150 e.